The van der Waals surface area contributed by atoms with E-state index in [1.807, 2.05) is 0 Å². The van der Waals surface area contributed by atoms with Crippen LogP contribution < -0.4 is 10.6 Å². The Balaban J connectivity index is 1.53. The van der Waals surface area contributed by atoms with E-state index in [9.17, 15) is 22.8 Å². The lowest BCUT2D eigenvalue weighted by Gasteiger charge is -2.28. The quantitative estimate of drug-likeness (QED) is 0.686. The molecule has 0 radical (unpaired) electrons. The van der Waals surface area contributed by atoms with E-state index in [2.05, 4.69) is 5.10 Å². The van der Waals surface area contributed by atoms with Gasteiger partial charge in [-0.2, -0.15) is 5.10 Å². The molecule has 1 aromatic heterocycles. The summed E-state index contributed by atoms with van der Waals surface area (Å²) in [4.78, 5) is 29.0. The number of amides is 2. The summed E-state index contributed by atoms with van der Waals surface area (Å²) in [6.45, 7) is 2.67. The number of carbonyl (C=O) groups is 2. The molecule has 2 aromatic rings. The Morgan fingerprint density at radius 1 is 1.19 bits per heavy atom. The molecule has 2 amide bonds. The summed E-state index contributed by atoms with van der Waals surface area (Å²) in [6.07, 6.45) is 1.16. The van der Waals surface area contributed by atoms with Crippen molar-refractivity contribution >= 4 is 29.4 Å². The van der Waals surface area contributed by atoms with Gasteiger partial charge in [-0.25, -0.2) is 17.9 Å². The Hall–Kier alpha value is -2.79. The van der Waals surface area contributed by atoms with Crippen molar-refractivity contribution in [2.24, 2.45) is 5.73 Å². The number of halogens is 3. The average molecular weight is 466 g/mol. The van der Waals surface area contributed by atoms with Crippen molar-refractivity contribution in [3.63, 3.8) is 0 Å². The number of rotatable bonds is 5. The van der Waals surface area contributed by atoms with Gasteiger partial charge >= 0.3 is 0 Å². The summed E-state index contributed by atoms with van der Waals surface area (Å²) in [6, 6.07) is 2.09. The van der Waals surface area contributed by atoms with E-state index in [4.69, 9.17) is 5.73 Å². The second-order valence-corrected chi connectivity index (χ2v) is 8.93. The highest BCUT2D eigenvalue weighted by atomic mass is 32.2. The number of benzene rings is 1. The van der Waals surface area contributed by atoms with Gasteiger partial charge in [-0.1, -0.05) is 0 Å². The lowest BCUT2D eigenvalue weighted by atomic mass is 10.0. The van der Waals surface area contributed by atoms with Crippen LogP contribution in [0.15, 0.2) is 30.0 Å². The molecule has 32 heavy (non-hydrogen) atoms. The number of hydrogen-bond acceptors (Lipinski definition) is 5. The van der Waals surface area contributed by atoms with Crippen LogP contribution >= 0.6 is 11.8 Å². The molecule has 0 saturated carbocycles. The molecule has 2 aliphatic rings. The molecule has 0 unspecified atom stereocenters. The molecule has 1 saturated heterocycles. The first-order valence-electron chi connectivity index (χ1n) is 10.1. The number of nitrogens with zero attached hydrogens (tertiary/aromatic N) is 4. The summed E-state index contributed by atoms with van der Waals surface area (Å²) in [5.41, 5.74) is 7.04. The van der Waals surface area contributed by atoms with Crippen LogP contribution in [0, 0.1) is 24.4 Å². The van der Waals surface area contributed by atoms with Crippen LogP contribution in [0.1, 0.15) is 17.7 Å². The zero-order valence-corrected chi connectivity index (χ0v) is 18.2. The highest BCUT2D eigenvalue weighted by molar-refractivity contribution is 7.99. The van der Waals surface area contributed by atoms with Gasteiger partial charge in [-0.3, -0.25) is 14.5 Å². The normalized spacial score (nSPS) is 16.7. The predicted octanol–water partition coefficient (Wildman–Crippen LogP) is 2.33. The molecule has 1 aromatic carbocycles. The van der Waals surface area contributed by atoms with Crippen LogP contribution in [-0.4, -0.2) is 50.7 Å². The molecule has 2 N–H and O–H groups in total. The third-order valence-electron chi connectivity index (χ3n) is 5.32. The molecule has 170 valence electrons. The number of hydrogen-bond donors (Lipinski definition) is 1. The van der Waals surface area contributed by atoms with E-state index < -0.39 is 29.4 Å². The molecular formula is C21H22F3N5O2S. The van der Waals surface area contributed by atoms with Gasteiger partial charge in [0.2, 0.25) is 5.91 Å². The molecule has 4 rings (SSSR count). The van der Waals surface area contributed by atoms with E-state index >= 15 is 0 Å². The lowest BCUT2D eigenvalue weighted by molar-refractivity contribution is -0.126. The maximum absolute atomic E-state index is 13.9. The van der Waals surface area contributed by atoms with Crippen LogP contribution in [0.5, 0.6) is 0 Å². The Morgan fingerprint density at radius 3 is 2.66 bits per heavy atom. The Kier molecular flexibility index (Phi) is 6.29. The van der Waals surface area contributed by atoms with E-state index in [0.29, 0.717) is 35.6 Å². The van der Waals surface area contributed by atoms with Crippen molar-refractivity contribution < 1.29 is 22.8 Å². The molecule has 11 heteroatoms. The van der Waals surface area contributed by atoms with Crippen LogP contribution in [0.2, 0.25) is 0 Å². The summed E-state index contributed by atoms with van der Waals surface area (Å²) in [5.74, 6) is -1.99. The molecule has 1 fully saturated rings. The minimum atomic E-state index is -1.29. The Labute approximate surface area is 187 Å². The molecule has 0 bridgehead atoms. The van der Waals surface area contributed by atoms with Gasteiger partial charge < -0.3 is 10.6 Å². The Morgan fingerprint density at radius 2 is 1.94 bits per heavy atom. The topological polar surface area (TPSA) is 84.5 Å². The van der Waals surface area contributed by atoms with Crippen LogP contribution in [0.4, 0.5) is 19.0 Å². The van der Waals surface area contributed by atoms with Gasteiger partial charge in [0.1, 0.15) is 11.6 Å². The number of carbonyl (C=O) groups excluding carboxylic acids is 2. The summed E-state index contributed by atoms with van der Waals surface area (Å²) < 4.78 is 42.2. The molecular weight excluding hydrogens is 443 g/mol. The SMILES string of the molecule is Cc1cc2n(n1)CC(C(=O)N1CCSC1)=CN2C(=O)C[C@H](N)Cc1cc(F)c(F)cc1F. The van der Waals surface area contributed by atoms with Crippen molar-refractivity contribution in [2.75, 3.05) is 23.1 Å². The van der Waals surface area contributed by atoms with E-state index in [0.717, 1.165) is 11.8 Å². The number of fused-ring (bicyclic) bond motifs is 1. The van der Waals surface area contributed by atoms with E-state index in [-0.39, 0.29) is 30.9 Å². The first kappa shape index (κ1) is 22.4. The smallest absolute Gasteiger partial charge is 0.253 e. The number of aryl methyl sites for hydroxylation is 1. The largest absolute Gasteiger partial charge is 0.329 e. The van der Waals surface area contributed by atoms with Gasteiger partial charge in [0, 0.05) is 43.1 Å². The van der Waals surface area contributed by atoms with E-state index in [1.54, 1.807) is 34.3 Å². The predicted molar refractivity (Wildman–Crippen MR) is 114 cm³/mol. The summed E-state index contributed by atoms with van der Waals surface area (Å²) in [7, 11) is 0. The second-order valence-electron chi connectivity index (χ2n) is 7.85. The molecule has 1 atom stereocenters. The number of aromatic nitrogens is 2. The summed E-state index contributed by atoms with van der Waals surface area (Å²) in [5, 5.41) is 4.37. The monoisotopic (exact) mass is 465 g/mol. The van der Waals surface area contributed by atoms with Crippen molar-refractivity contribution in [1.82, 2.24) is 14.7 Å². The minimum Gasteiger partial charge on any atom is -0.329 e. The van der Waals surface area contributed by atoms with Crippen molar-refractivity contribution in [3.8, 4) is 0 Å². The number of anilines is 1. The van der Waals surface area contributed by atoms with Crippen LogP contribution in [0.3, 0.4) is 0 Å². The zero-order valence-electron chi connectivity index (χ0n) is 17.4. The van der Waals surface area contributed by atoms with Crippen LogP contribution in [0.25, 0.3) is 0 Å². The molecule has 7 nitrogen and oxygen atoms in total. The first-order valence-corrected chi connectivity index (χ1v) is 11.2. The Bertz CT molecular complexity index is 1100. The van der Waals surface area contributed by atoms with Crippen molar-refractivity contribution in [1.29, 1.82) is 0 Å². The molecule has 0 spiro atoms. The first-order chi connectivity index (χ1) is 15.2. The highest BCUT2D eigenvalue weighted by Crippen LogP contribution is 2.27. The van der Waals surface area contributed by atoms with Gasteiger partial charge in [0.15, 0.2) is 11.6 Å². The van der Waals surface area contributed by atoms with Crippen LogP contribution in [-0.2, 0) is 22.6 Å². The van der Waals surface area contributed by atoms with Gasteiger partial charge in [-0.15, -0.1) is 11.8 Å². The fourth-order valence-electron chi connectivity index (χ4n) is 3.76. The van der Waals surface area contributed by atoms with E-state index in [1.165, 1.54) is 11.1 Å². The number of nitrogens with two attached hydrogens (primary N) is 1. The third-order valence-corrected chi connectivity index (χ3v) is 6.29. The van der Waals surface area contributed by atoms with Crippen molar-refractivity contribution in [3.05, 3.63) is 58.7 Å². The number of thioether (sulfide) groups is 1. The summed E-state index contributed by atoms with van der Waals surface area (Å²) >= 11 is 1.66. The fraction of sp³-hybridized carbons (Fsp3) is 0.381. The van der Waals surface area contributed by atoms with Gasteiger partial charge in [-0.05, 0) is 25.0 Å². The molecule has 2 aliphatic heterocycles. The fourth-order valence-corrected chi connectivity index (χ4v) is 4.71. The maximum atomic E-state index is 13.9. The second kappa shape index (κ2) is 8.99. The molecule has 3 heterocycles. The molecule has 0 aliphatic carbocycles. The van der Waals surface area contributed by atoms with Gasteiger partial charge in [0.25, 0.3) is 5.91 Å². The standard InChI is InChI=1S/C21H22F3N5O2S/c1-12-4-19-28(9-14(10-29(19)26-12)21(31)27-2-3-32-11-27)20(30)7-15(25)5-13-6-17(23)18(24)8-16(13)22/h4,6,8-9,15H,2-3,5,7,10-11,25H2,1H3/t15-/m1/s1. The zero-order chi connectivity index (χ0) is 23.0. The lowest BCUT2D eigenvalue weighted by Crippen LogP contribution is -2.39. The minimum absolute atomic E-state index is 0.110. The third kappa shape index (κ3) is 4.53. The average Bonchev–Trinajstić information content (AvgIpc) is 3.39. The van der Waals surface area contributed by atoms with Gasteiger partial charge in [0.05, 0.1) is 23.7 Å². The van der Waals surface area contributed by atoms with Crippen molar-refractivity contribution in [2.45, 2.75) is 32.4 Å². The maximum Gasteiger partial charge on any atom is 0.253 e. The highest BCUT2D eigenvalue weighted by Gasteiger charge is 2.30.